The smallest absolute Gasteiger partial charge is 0.271 e. The molecule has 1 fully saturated rings. The first-order valence-electron chi connectivity index (χ1n) is 8.64. The molecule has 2 heterocycles. The van der Waals surface area contributed by atoms with Crippen molar-refractivity contribution in [3.8, 4) is 0 Å². The predicted octanol–water partition coefficient (Wildman–Crippen LogP) is 6.95. The summed E-state index contributed by atoms with van der Waals surface area (Å²) in [5, 5.41) is 1.64. The maximum absolute atomic E-state index is 13.1. The Morgan fingerprint density at radius 3 is 2.52 bits per heavy atom. The molecule has 144 valence electrons. The lowest BCUT2D eigenvalue weighted by Gasteiger charge is -2.15. The van der Waals surface area contributed by atoms with Crippen LogP contribution in [0.15, 0.2) is 93.4 Å². The fraction of sp³-hybridized carbons (Fsp3) is 0. The number of rotatable bonds is 4. The number of allylic oxidation sites excluding steroid dienone is 2. The number of carbonyl (C=O) groups excluding carboxylic acids is 1. The molecule has 1 aliphatic heterocycles. The van der Waals surface area contributed by atoms with Gasteiger partial charge in [0.25, 0.3) is 5.91 Å². The van der Waals surface area contributed by atoms with Gasteiger partial charge in [-0.3, -0.25) is 9.69 Å². The maximum Gasteiger partial charge on any atom is 0.271 e. The summed E-state index contributed by atoms with van der Waals surface area (Å²) >= 11 is 13.5. The van der Waals surface area contributed by atoms with E-state index < -0.39 is 0 Å². The van der Waals surface area contributed by atoms with Crippen molar-refractivity contribution in [2.75, 3.05) is 4.90 Å². The van der Waals surface area contributed by atoms with Gasteiger partial charge in [-0.15, -0.1) is 0 Å². The summed E-state index contributed by atoms with van der Waals surface area (Å²) in [6, 6.07) is 17.9. The van der Waals surface area contributed by atoms with Gasteiger partial charge in [-0.2, -0.15) is 0 Å². The highest BCUT2D eigenvalue weighted by molar-refractivity contribution is 8.19. The Bertz CT molecular complexity index is 1140. The van der Waals surface area contributed by atoms with E-state index in [9.17, 15) is 4.79 Å². The maximum atomic E-state index is 13.1. The molecule has 7 heteroatoms. The lowest BCUT2D eigenvalue weighted by atomic mass is 10.3. The summed E-state index contributed by atoms with van der Waals surface area (Å²) in [6.07, 6.45) is 6.90. The van der Waals surface area contributed by atoms with Gasteiger partial charge >= 0.3 is 0 Å². The monoisotopic (exact) mass is 440 g/mol. The van der Waals surface area contributed by atoms with Crippen LogP contribution in [-0.4, -0.2) is 11.1 Å². The molecule has 3 aromatic rings. The molecular formula is C22H14Cl2N2O2S. The average molecular weight is 441 g/mol. The zero-order chi connectivity index (χ0) is 20.2. The van der Waals surface area contributed by atoms with Gasteiger partial charge in [0.15, 0.2) is 5.17 Å². The quantitative estimate of drug-likeness (QED) is 0.412. The number of thioether (sulfide) groups is 1. The van der Waals surface area contributed by atoms with Crippen LogP contribution in [0.4, 0.5) is 11.4 Å². The van der Waals surface area contributed by atoms with Crippen LogP contribution in [0.25, 0.3) is 6.08 Å². The summed E-state index contributed by atoms with van der Waals surface area (Å²) in [5.41, 5.74) is 1.31. The van der Waals surface area contributed by atoms with E-state index in [0.29, 0.717) is 37.3 Å². The van der Waals surface area contributed by atoms with E-state index in [0.717, 1.165) is 0 Å². The minimum Gasteiger partial charge on any atom is -0.465 e. The van der Waals surface area contributed by atoms with E-state index in [1.807, 2.05) is 24.3 Å². The molecule has 0 spiro atoms. The fourth-order valence-corrected chi connectivity index (χ4v) is 4.00. The molecule has 1 aliphatic rings. The topological polar surface area (TPSA) is 45.8 Å². The van der Waals surface area contributed by atoms with Gasteiger partial charge in [0.05, 0.1) is 22.5 Å². The van der Waals surface area contributed by atoms with Crippen molar-refractivity contribution < 1.29 is 9.21 Å². The first-order chi connectivity index (χ1) is 14.1. The lowest BCUT2D eigenvalue weighted by Crippen LogP contribution is -2.28. The molecule has 4 rings (SSSR count). The molecule has 0 bridgehead atoms. The minimum atomic E-state index is -0.179. The third-order valence-corrected chi connectivity index (χ3v) is 5.41. The Morgan fingerprint density at radius 2 is 1.79 bits per heavy atom. The largest absolute Gasteiger partial charge is 0.465 e. The Balaban J connectivity index is 1.71. The number of furan rings is 1. The molecule has 29 heavy (non-hydrogen) atoms. The lowest BCUT2D eigenvalue weighted by molar-refractivity contribution is -0.113. The normalized spacial score (nSPS) is 17.2. The van der Waals surface area contributed by atoms with Crippen LogP contribution >= 0.6 is 35.0 Å². The number of halogens is 2. The van der Waals surface area contributed by atoms with Gasteiger partial charge in [-0.05, 0) is 72.4 Å². The van der Waals surface area contributed by atoms with Crippen molar-refractivity contribution in [2.45, 2.75) is 0 Å². The van der Waals surface area contributed by atoms with Crippen molar-refractivity contribution in [3.63, 3.8) is 0 Å². The molecule has 4 nitrogen and oxygen atoms in total. The molecule has 2 aromatic carbocycles. The van der Waals surface area contributed by atoms with Gasteiger partial charge in [0.1, 0.15) is 5.76 Å². The summed E-state index contributed by atoms with van der Waals surface area (Å²) in [4.78, 5) is 19.8. The van der Waals surface area contributed by atoms with Crippen molar-refractivity contribution in [3.05, 3.63) is 99.8 Å². The summed E-state index contributed by atoms with van der Waals surface area (Å²) in [5.74, 6) is 0.527. The van der Waals surface area contributed by atoms with Gasteiger partial charge in [0, 0.05) is 10.0 Å². The fourth-order valence-electron chi connectivity index (χ4n) is 2.68. The molecule has 0 saturated carbocycles. The van der Waals surface area contributed by atoms with Gasteiger partial charge in [0.2, 0.25) is 0 Å². The highest BCUT2D eigenvalue weighted by Crippen LogP contribution is 2.37. The first-order valence-corrected chi connectivity index (χ1v) is 10.2. The van der Waals surface area contributed by atoms with E-state index in [1.54, 1.807) is 65.8 Å². The molecule has 0 radical (unpaired) electrons. The molecule has 0 atom stereocenters. The Kier molecular flexibility index (Phi) is 5.90. The molecule has 0 aliphatic carbocycles. The third-order valence-electron chi connectivity index (χ3n) is 3.96. The zero-order valence-corrected chi connectivity index (χ0v) is 17.3. The van der Waals surface area contributed by atoms with Crippen LogP contribution in [-0.2, 0) is 4.79 Å². The SMILES string of the molecule is O=C1/C(=C\C=C\c2ccco2)SC(=Nc2cccc(Cl)c2)N1c1cccc(Cl)c1. The summed E-state index contributed by atoms with van der Waals surface area (Å²) in [6.45, 7) is 0. The molecule has 1 aromatic heterocycles. The molecular weight excluding hydrogens is 427 g/mol. The average Bonchev–Trinajstić information content (AvgIpc) is 3.30. The van der Waals surface area contributed by atoms with E-state index in [4.69, 9.17) is 27.6 Å². The van der Waals surface area contributed by atoms with E-state index in [2.05, 4.69) is 4.99 Å². The highest BCUT2D eigenvalue weighted by Gasteiger charge is 2.34. The highest BCUT2D eigenvalue weighted by atomic mass is 35.5. The van der Waals surface area contributed by atoms with E-state index in [1.165, 1.54) is 11.8 Å². The van der Waals surface area contributed by atoms with E-state index >= 15 is 0 Å². The van der Waals surface area contributed by atoms with Crippen molar-refractivity contribution in [1.29, 1.82) is 0 Å². The molecule has 0 N–H and O–H groups in total. The third kappa shape index (κ3) is 4.65. The number of hydrogen-bond acceptors (Lipinski definition) is 4. The summed E-state index contributed by atoms with van der Waals surface area (Å²) in [7, 11) is 0. The van der Waals surface area contributed by atoms with Crippen LogP contribution in [0.2, 0.25) is 10.0 Å². The minimum absolute atomic E-state index is 0.179. The summed E-state index contributed by atoms with van der Waals surface area (Å²) < 4.78 is 5.27. The number of nitrogens with zero attached hydrogens (tertiary/aromatic N) is 2. The van der Waals surface area contributed by atoms with Crippen LogP contribution in [0.5, 0.6) is 0 Å². The van der Waals surface area contributed by atoms with Crippen molar-refractivity contribution in [2.24, 2.45) is 4.99 Å². The van der Waals surface area contributed by atoms with Crippen molar-refractivity contribution >= 4 is 63.5 Å². The molecule has 1 amide bonds. The number of aliphatic imine (C=N–C) groups is 1. The van der Waals surface area contributed by atoms with Crippen LogP contribution in [0, 0.1) is 0 Å². The van der Waals surface area contributed by atoms with Crippen LogP contribution < -0.4 is 4.90 Å². The Hall–Kier alpha value is -2.73. The standard InChI is InChI=1S/C22H14Cl2N2O2S/c23-15-5-1-7-17(13-15)25-22-26(18-8-2-6-16(24)14-18)21(27)20(29-22)11-3-9-19-10-4-12-28-19/h1-14H/b9-3+,20-11+,25-22?. The number of amidine groups is 1. The molecule has 0 unspecified atom stereocenters. The number of carbonyl (C=O) groups is 1. The number of amides is 1. The number of anilines is 1. The number of benzene rings is 2. The number of hydrogen-bond donors (Lipinski definition) is 0. The Labute approximate surface area is 182 Å². The first kappa shape index (κ1) is 19.6. The van der Waals surface area contributed by atoms with E-state index in [-0.39, 0.29) is 5.91 Å². The second-order valence-corrected chi connectivity index (χ2v) is 7.88. The van der Waals surface area contributed by atoms with Gasteiger partial charge in [-0.1, -0.05) is 41.4 Å². The van der Waals surface area contributed by atoms with Crippen molar-refractivity contribution in [1.82, 2.24) is 0 Å². The van der Waals surface area contributed by atoms with Crippen LogP contribution in [0.1, 0.15) is 5.76 Å². The molecule has 1 saturated heterocycles. The second kappa shape index (κ2) is 8.74. The second-order valence-electron chi connectivity index (χ2n) is 6.00. The zero-order valence-electron chi connectivity index (χ0n) is 15.0. The van der Waals surface area contributed by atoms with Gasteiger partial charge in [-0.25, -0.2) is 4.99 Å². The van der Waals surface area contributed by atoms with Gasteiger partial charge < -0.3 is 4.42 Å². The predicted molar refractivity (Wildman–Crippen MR) is 121 cm³/mol. The Morgan fingerprint density at radius 1 is 1.00 bits per heavy atom. The van der Waals surface area contributed by atoms with Crippen LogP contribution in [0.3, 0.4) is 0 Å².